The van der Waals surface area contributed by atoms with Gasteiger partial charge in [-0.05, 0) is 18.2 Å². The van der Waals surface area contributed by atoms with Gasteiger partial charge in [0.1, 0.15) is 5.75 Å². The number of rotatable bonds is 2. The maximum atomic E-state index is 13.6. The van der Waals surface area contributed by atoms with Crippen LogP contribution in [-0.2, 0) is 0 Å². The first-order chi connectivity index (χ1) is 10.5. The molecule has 2 amide bonds. The van der Waals surface area contributed by atoms with Gasteiger partial charge in [0.25, 0.3) is 0 Å². The van der Waals surface area contributed by atoms with E-state index in [1.165, 1.54) is 0 Å². The van der Waals surface area contributed by atoms with Crippen molar-refractivity contribution in [3.8, 4) is 17.2 Å². The average molecular weight is 325 g/mol. The van der Waals surface area contributed by atoms with E-state index in [0.29, 0.717) is 17.2 Å². The van der Waals surface area contributed by atoms with Crippen molar-refractivity contribution < 1.29 is 23.8 Å². The standard InChI is InChI=1S/C14H10ClFN2O4/c15-8-4-10(9(16)5-11(8)19)18-14(20)17-7-1-2-12-13(3-7)22-6-21-12/h1-5,19H,6H2,(H2,17,18,20). The number of halogens is 2. The molecule has 0 saturated carbocycles. The van der Waals surface area contributed by atoms with E-state index in [1.54, 1.807) is 18.2 Å². The van der Waals surface area contributed by atoms with Gasteiger partial charge in [0, 0.05) is 17.8 Å². The Kier molecular flexibility index (Phi) is 3.64. The molecule has 0 unspecified atom stereocenters. The van der Waals surface area contributed by atoms with E-state index >= 15 is 0 Å². The third-order valence-electron chi connectivity index (χ3n) is 2.92. The molecule has 0 saturated heterocycles. The molecule has 8 heteroatoms. The summed E-state index contributed by atoms with van der Waals surface area (Å²) in [5.74, 6) is -0.109. The van der Waals surface area contributed by atoms with Gasteiger partial charge in [0.2, 0.25) is 6.79 Å². The summed E-state index contributed by atoms with van der Waals surface area (Å²) in [5, 5.41) is 14.0. The second-order valence-electron chi connectivity index (χ2n) is 4.43. The van der Waals surface area contributed by atoms with Gasteiger partial charge in [0.15, 0.2) is 17.3 Å². The zero-order chi connectivity index (χ0) is 15.7. The molecule has 22 heavy (non-hydrogen) atoms. The van der Waals surface area contributed by atoms with E-state index in [1.807, 2.05) is 0 Å². The van der Waals surface area contributed by atoms with E-state index in [-0.39, 0.29) is 17.5 Å². The number of aromatic hydroxyl groups is 1. The molecule has 3 rings (SSSR count). The van der Waals surface area contributed by atoms with E-state index in [2.05, 4.69) is 10.6 Å². The second kappa shape index (κ2) is 5.61. The average Bonchev–Trinajstić information content (AvgIpc) is 2.92. The molecule has 1 heterocycles. The molecular weight excluding hydrogens is 315 g/mol. The molecule has 0 fully saturated rings. The molecule has 0 bridgehead atoms. The van der Waals surface area contributed by atoms with Gasteiger partial charge in [-0.1, -0.05) is 11.6 Å². The highest BCUT2D eigenvalue weighted by Gasteiger charge is 2.15. The first-order valence-corrected chi connectivity index (χ1v) is 6.56. The predicted molar refractivity (Wildman–Crippen MR) is 78.3 cm³/mol. The zero-order valence-electron chi connectivity index (χ0n) is 11.0. The summed E-state index contributed by atoms with van der Waals surface area (Å²) in [6.45, 7) is 0.127. The highest BCUT2D eigenvalue weighted by atomic mass is 35.5. The van der Waals surface area contributed by atoms with Gasteiger partial charge in [-0.15, -0.1) is 0 Å². The number of anilines is 2. The highest BCUT2D eigenvalue weighted by Crippen LogP contribution is 2.34. The fourth-order valence-corrected chi connectivity index (χ4v) is 2.05. The Hall–Kier alpha value is -2.67. The fourth-order valence-electron chi connectivity index (χ4n) is 1.89. The molecular formula is C14H10ClFN2O4. The lowest BCUT2D eigenvalue weighted by Gasteiger charge is -2.10. The number of ether oxygens (including phenoxy) is 2. The molecule has 0 aromatic heterocycles. The molecule has 0 atom stereocenters. The van der Waals surface area contributed by atoms with Crippen LogP contribution in [0.15, 0.2) is 30.3 Å². The van der Waals surface area contributed by atoms with Crippen LogP contribution in [0.3, 0.4) is 0 Å². The number of phenols is 1. The number of nitrogens with one attached hydrogen (secondary N) is 2. The lowest BCUT2D eigenvalue weighted by Crippen LogP contribution is -2.20. The minimum atomic E-state index is -0.803. The Labute approximate surface area is 129 Å². The Balaban J connectivity index is 1.71. The third kappa shape index (κ3) is 2.84. The van der Waals surface area contributed by atoms with Crippen LogP contribution in [0.1, 0.15) is 0 Å². The van der Waals surface area contributed by atoms with Gasteiger partial charge in [-0.25, -0.2) is 9.18 Å². The number of hydrogen-bond acceptors (Lipinski definition) is 4. The van der Waals surface area contributed by atoms with Crippen LogP contribution in [0.25, 0.3) is 0 Å². The number of hydrogen-bond donors (Lipinski definition) is 3. The Morgan fingerprint density at radius 1 is 1.18 bits per heavy atom. The number of carbonyl (C=O) groups excluding carboxylic acids is 1. The number of fused-ring (bicyclic) bond motifs is 1. The van der Waals surface area contributed by atoms with Crippen molar-refractivity contribution in [3.05, 3.63) is 41.2 Å². The van der Waals surface area contributed by atoms with E-state index in [9.17, 15) is 14.3 Å². The first-order valence-electron chi connectivity index (χ1n) is 6.18. The quantitative estimate of drug-likeness (QED) is 0.738. The smallest absolute Gasteiger partial charge is 0.323 e. The molecule has 3 N–H and O–H groups in total. The van der Waals surface area contributed by atoms with Gasteiger partial charge in [0.05, 0.1) is 10.7 Å². The first kappa shape index (κ1) is 14.3. The molecule has 1 aliphatic heterocycles. The molecule has 6 nitrogen and oxygen atoms in total. The lowest BCUT2D eigenvalue weighted by molar-refractivity contribution is 0.174. The molecule has 0 spiro atoms. The summed E-state index contributed by atoms with van der Waals surface area (Å²) in [7, 11) is 0. The van der Waals surface area contributed by atoms with Crippen molar-refractivity contribution in [1.29, 1.82) is 0 Å². The summed E-state index contributed by atoms with van der Waals surface area (Å²) in [5.41, 5.74) is 0.299. The number of carbonyl (C=O) groups is 1. The van der Waals surface area contributed by atoms with Crippen LogP contribution in [0.5, 0.6) is 17.2 Å². The SMILES string of the molecule is O=C(Nc1ccc2c(c1)OCO2)Nc1cc(Cl)c(O)cc1F. The predicted octanol–water partition coefficient (Wildman–Crippen LogP) is 3.56. The summed E-state index contributed by atoms with van der Waals surface area (Å²) in [4.78, 5) is 11.9. The van der Waals surface area contributed by atoms with Crippen molar-refractivity contribution in [2.45, 2.75) is 0 Å². The van der Waals surface area contributed by atoms with Crippen LogP contribution in [0.4, 0.5) is 20.6 Å². The Morgan fingerprint density at radius 2 is 1.95 bits per heavy atom. The number of benzene rings is 2. The van der Waals surface area contributed by atoms with Gasteiger partial charge >= 0.3 is 6.03 Å². The monoisotopic (exact) mass is 324 g/mol. The van der Waals surface area contributed by atoms with Gasteiger partial charge < -0.3 is 25.2 Å². The van der Waals surface area contributed by atoms with Crippen molar-refractivity contribution in [3.63, 3.8) is 0 Å². The molecule has 0 aliphatic carbocycles. The third-order valence-corrected chi connectivity index (χ3v) is 3.22. The highest BCUT2D eigenvalue weighted by molar-refractivity contribution is 6.32. The summed E-state index contributed by atoms with van der Waals surface area (Å²) >= 11 is 5.67. The van der Waals surface area contributed by atoms with Crippen molar-refractivity contribution in [2.24, 2.45) is 0 Å². The number of urea groups is 1. The molecule has 1 aliphatic rings. The van der Waals surface area contributed by atoms with Crippen molar-refractivity contribution in [1.82, 2.24) is 0 Å². The number of amides is 2. The Bertz CT molecular complexity index is 754. The topological polar surface area (TPSA) is 79.8 Å². The van der Waals surface area contributed by atoms with Gasteiger partial charge in [-0.2, -0.15) is 0 Å². The minimum absolute atomic E-state index is 0.0696. The van der Waals surface area contributed by atoms with Crippen LogP contribution in [-0.4, -0.2) is 17.9 Å². The maximum Gasteiger partial charge on any atom is 0.323 e. The molecule has 2 aromatic carbocycles. The molecule has 2 aromatic rings. The summed E-state index contributed by atoms with van der Waals surface area (Å²) < 4.78 is 24.0. The second-order valence-corrected chi connectivity index (χ2v) is 4.84. The van der Waals surface area contributed by atoms with Gasteiger partial charge in [-0.3, -0.25) is 0 Å². The van der Waals surface area contributed by atoms with Crippen LogP contribution in [0.2, 0.25) is 5.02 Å². The zero-order valence-corrected chi connectivity index (χ0v) is 11.8. The minimum Gasteiger partial charge on any atom is -0.506 e. The van der Waals surface area contributed by atoms with E-state index in [4.69, 9.17) is 21.1 Å². The maximum absolute atomic E-state index is 13.6. The molecule has 114 valence electrons. The largest absolute Gasteiger partial charge is 0.506 e. The van der Waals surface area contributed by atoms with Crippen LogP contribution in [0, 0.1) is 5.82 Å². The van der Waals surface area contributed by atoms with Crippen LogP contribution < -0.4 is 20.1 Å². The lowest BCUT2D eigenvalue weighted by atomic mass is 10.2. The van der Waals surface area contributed by atoms with Crippen molar-refractivity contribution >= 4 is 29.0 Å². The summed E-state index contributed by atoms with van der Waals surface area (Å²) in [6, 6.07) is 6.12. The van der Waals surface area contributed by atoms with Crippen LogP contribution >= 0.6 is 11.6 Å². The Morgan fingerprint density at radius 3 is 2.77 bits per heavy atom. The normalized spacial score (nSPS) is 12.1. The van der Waals surface area contributed by atoms with E-state index in [0.717, 1.165) is 12.1 Å². The molecule has 0 radical (unpaired) electrons. The number of phenolic OH excluding ortho intramolecular Hbond substituents is 1. The summed E-state index contributed by atoms with van der Waals surface area (Å²) in [6.07, 6.45) is 0. The van der Waals surface area contributed by atoms with Crippen molar-refractivity contribution in [2.75, 3.05) is 17.4 Å². The fraction of sp³-hybridized carbons (Fsp3) is 0.0714. The van der Waals surface area contributed by atoms with E-state index < -0.39 is 17.6 Å².